The van der Waals surface area contributed by atoms with Crippen LogP contribution in [0.25, 0.3) is 0 Å². The van der Waals surface area contributed by atoms with E-state index in [0.29, 0.717) is 0 Å². The van der Waals surface area contributed by atoms with Crippen molar-refractivity contribution in [3.63, 3.8) is 0 Å². The van der Waals surface area contributed by atoms with Crippen LogP contribution in [-0.2, 0) is 9.59 Å². The second-order valence-corrected chi connectivity index (χ2v) is 4.42. The summed E-state index contributed by atoms with van der Waals surface area (Å²) in [6.07, 6.45) is -1.34. The number of halogens is 2. The summed E-state index contributed by atoms with van der Waals surface area (Å²) in [4.78, 5) is 33.9. The fourth-order valence-corrected chi connectivity index (χ4v) is 1.87. The topological polar surface area (TPSA) is 101 Å². The summed E-state index contributed by atoms with van der Waals surface area (Å²) < 4.78 is 0. The number of primary amides is 1. The second-order valence-electron chi connectivity index (χ2n) is 3.61. The van der Waals surface area contributed by atoms with Crippen LogP contribution in [0.3, 0.4) is 0 Å². The molecule has 8 heteroatoms. The number of benzene rings is 1. The molecule has 19 heavy (non-hydrogen) atoms. The van der Waals surface area contributed by atoms with E-state index < -0.39 is 23.9 Å². The molecule has 1 aromatic rings. The smallest absolute Gasteiger partial charge is 0.260 e. The molecule has 0 aromatic heterocycles. The minimum atomic E-state index is -1.34. The van der Waals surface area contributed by atoms with Crippen molar-refractivity contribution in [3.05, 3.63) is 33.8 Å². The molecule has 0 radical (unpaired) electrons. The van der Waals surface area contributed by atoms with Gasteiger partial charge >= 0.3 is 0 Å². The molecule has 0 aliphatic rings. The molecule has 0 saturated carbocycles. The van der Waals surface area contributed by atoms with Gasteiger partial charge in [-0.05, 0) is 12.1 Å². The van der Waals surface area contributed by atoms with Crippen LogP contribution in [-0.4, -0.2) is 23.9 Å². The Kier molecular flexibility index (Phi) is 5.14. The number of hydrogen-bond donors (Lipinski definition) is 3. The molecule has 4 N–H and O–H groups in total. The molecule has 3 amide bonds. The second kappa shape index (κ2) is 6.40. The first-order chi connectivity index (χ1) is 8.82. The maximum absolute atomic E-state index is 11.9. The average molecular weight is 304 g/mol. The van der Waals surface area contributed by atoms with Crippen LogP contribution in [0.5, 0.6) is 0 Å². The van der Waals surface area contributed by atoms with Crippen LogP contribution in [0, 0.1) is 0 Å². The van der Waals surface area contributed by atoms with Gasteiger partial charge in [0, 0.05) is 6.92 Å². The quantitative estimate of drug-likeness (QED) is 0.713. The normalized spacial score (nSPS) is 11.5. The highest BCUT2D eigenvalue weighted by atomic mass is 35.5. The lowest BCUT2D eigenvalue weighted by Crippen LogP contribution is -2.55. The lowest BCUT2D eigenvalue weighted by molar-refractivity contribution is -0.126. The molecule has 0 spiro atoms. The molecule has 0 fully saturated rings. The number of hydrogen-bond acceptors (Lipinski definition) is 3. The Hall–Kier alpha value is -1.79. The van der Waals surface area contributed by atoms with Gasteiger partial charge in [-0.1, -0.05) is 29.3 Å². The number of rotatable bonds is 4. The maximum atomic E-state index is 11.9. The first-order valence-electron chi connectivity index (χ1n) is 5.14. The Morgan fingerprint density at radius 1 is 1.16 bits per heavy atom. The summed E-state index contributed by atoms with van der Waals surface area (Å²) in [5.74, 6) is -2.14. The standard InChI is InChI=1S/C11H11Cl2N3O3/c1-5(17)15-10(9(14)18)16-11(19)8-6(12)3-2-4-7(8)13/h2-4,10H,1H3,(H2,14,18)(H,15,17)(H,16,19). The summed E-state index contributed by atoms with van der Waals surface area (Å²) in [6, 6.07) is 4.51. The van der Waals surface area contributed by atoms with E-state index in [1.165, 1.54) is 19.1 Å². The van der Waals surface area contributed by atoms with Gasteiger partial charge in [0.25, 0.3) is 11.8 Å². The molecule has 1 aromatic carbocycles. The zero-order valence-corrected chi connectivity index (χ0v) is 11.4. The van der Waals surface area contributed by atoms with Crippen molar-refractivity contribution in [1.29, 1.82) is 0 Å². The Labute approximate surface area is 119 Å². The number of nitrogens with two attached hydrogens (primary N) is 1. The highest BCUT2D eigenvalue weighted by molar-refractivity contribution is 6.39. The highest BCUT2D eigenvalue weighted by Gasteiger charge is 2.22. The molecule has 1 atom stereocenters. The van der Waals surface area contributed by atoms with E-state index in [9.17, 15) is 14.4 Å². The monoisotopic (exact) mass is 303 g/mol. The van der Waals surface area contributed by atoms with Gasteiger partial charge in [-0.2, -0.15) is 0 Å². The van der Waals surface area contributed by atoms with Crippen molar-refractivity contribution in [2.24, 2.45) is 5.73 Å². The fraction of sp³-hybridized carbons (Fsp3) is 0.182. The predicted molar refractivity (Wildman–Crippen MR) is 70.7 cm³/mol. The molecule has 0 aliphatic heterocycles. The van der Waals surface area contributed by atoms with Gasteiger partial charge in [0.05, 0.1) is 15.6 Å². The zero-order valence-electron chi connectivity index (χ0n) is 9.87. The number of carbonyl (C=O) groups is 3. The van der Waals surface area contributed by atoms with E-state index in [2.05, 4.69) is 10.6 Å². The van der Waals surface area contributed by atoms with Crippen molar-refractivity contribution in [3.8, 4) is 0 Å². The largest absolute Gasteiger partial charge is 0.366 e. The third kappa shape index (κ3) is 4.11. The Morgan fingerprint density at radius 3 is 2.11 bits per heavy atom. The number of carbonyl (C=O) groups excluding carboxylic acids is 3. The van der Waals surface area contributed by atoms with Crippen molar-refractivity contribution < 1.29 is 14.4 Å². The molecule has 1 rings (SSSR count). The zero-order chi connectivity index (χ0) is 14.6. The van der Waals surface area contributed by atoms with Crippen molar-refractivity contribution >= 4 is 40.9 Å². The van der Waals surface area contributed by atoms with Gasteiger partial charge in [-0.3, -0.25) is 14.4 Å². The van der Waals surface area contributed by atoms with Crippen molar-refractivity contribution in [1.82, 2.24) is 10.6 Å². The first-order valence-corrected chi connectivity index (χ1v) is 5.89. The molecule has 0 saturated heterocycles. The van der Waals surface area contributed by atoms with Crippen LogP contribution < -0.4 is 16.4 Å². The summed E-state index contributed by atoms with van der Waals surface area (Å²) >= 11 is 11.7. The highest BCUT2D eigenvalue weighted by Crippen LogP contribution is 2.23. The maximum Gasteiger partial charge on any atom is 0.260 e. The molecule has 0 bridgehead atoms. The van der Waals surface area contributed by atoms with E-state index in [1.807, 2.05) is 0 Å². The van der Waals surface area contributed by atoms with Crippen LogP contribution in [0.2, 0.25) is 10.0 Å². The SMILES string of the molecule is CC(=O)NC(NC(=O)c1c(Cl)cccc1Cl)C(N)=O. The lowest BCUT2D eigenvalue weighted by atomic mass is 10.2. The summed E-state index contributed by atoms with van der Waals surface area (Å²) in [6.45, 7) is 1.19. The Bertz CT molecular complexity index is 514. The van der Waals surface area contributed by atoms with Gasteiger partial charge < -0.3 is 16.4 Å². The molecular weight excluding hydrogens is 293 g/mol. The third-order valence-corrected chi connectivity index (χ3v) is 2.73. The van der Waals surface area contributed by atoms with Gasteiger partial charge in [-0.15, -0.1) is 0 Å². The molecular formula is C11H11Cl2N3O3. The molecule has 1 unspecified atom stereocenters. The molecule has 102 valence electrons. The first kappa shape index (κ1) is 15.3. The Morgan fingerprint density at radius 2 is 1.68 bits per heavy atom. The van der Waals surface area contributed by atoms with E-state index in [-0.39, 0.29) is 15.6 Å². The van der Waals surface area contributed by atoms with E-state index in [4.69, 9.17) is 28.9 Å². The van der Waals surface area contributed by atoms with Crippen LogP contribution in [0.15, 0.2) is 18.2 Å². The van der Waals surface area contributed by atoms with E-state index >= 15 is 0 Å². The van der Waals surface area contributed by atoms with Crippen molar-refractivity contribution in [2.45, 2.75) is 13.1 Å². The number of nitrogens with one attached hydrogen (secondary N) is 2. The minimum Gasteiger partial charge on any atom is -0.366 e. The summed E-state index contributed by atoms with van der Waals surface area (Å²) in [7, 11) is 0. The predicted octanol–water partition coefficient (Wildman–Crippen LogP) is 0.671. The fourth-order valence-electron chi connectivity index (χ4n) is 1.30. The minimum absolute atomic E-state index is 0.00225. The summed E-state index contributed by atoms with van der Waals surface area (Å²) in [5, 5.41) is 4.66. The van der Waals surface area contributed by atoms with E-state index in [1.54, 1.807) is 6.07 Å². The molecule has 0 aliphatic carbocycles. The third-order valence-electron chi connectivity index (χ3n) is 2.10. The van der Waals surface area contributed by atoms with Crippen LogP contribution in [0.1, 0.15) is 17.3 Å². The molecule has 6 nitrogen and oxygen atoms in total. The van der Waals surface area contributed by atoms with Gasteiger partial charge in [0.2, 0.25) is 5.91 Å². The van der Waals surface area contributed by atoms with Gasteiger partial charge in [-0.25, -0.2) is 0 Å². The van der Waals surface area contributed by atoms with Crippen LogP contribution >= 0.6 is 23.2 Å². The van der Waals surface area contributed by atoms with E-state index in [0.717, 1.165) is 0 Å². The van der Waals surface area contributed by atoms with Crippen molar-refractivity contribution in [2.75, 3.05) is 0 Å². The van der Waals surface area contributed by atoms with Gasteiger partial charge in [0.15, 0.2) is 6.17 Å². The van der Waals surface area contributed by atoms with Gasteiger partial charge in [0.1, 0.15) is 0 Å². The lowest BCUT2D eigenvalue weighted by Gasteiger charge is -2.16. The summed E-state index contributed by atoms with van der Waals surface area (Å²) in [5.41, 5.74) is 5.06. The molecule has 0 heterocycles. The average Bonchev–Trinajstić information content (AvgIpc) is 2.27. The van der Waals surface area contributed by atoms with Crippen LogP contribution in [0.4, 0.5) is 0 Å². The Balaban J connectivity index is 2.94. The number of amides is 3.